The second-order valence-corrected chi connectivity index (χ2v) is 12.0. The van der Waals surface area contributed by atoms with Crippen molar-refractivity contribution in [1.82, 2.24) is 5.32 Å². The Morgan fingerprint density at radius 3 is 1.55 bits per heavy atom. The van der Waals surface area contributed by atoms with Crippen LogP contribution in [0.4, 0.5) is 4.79 Å². The van der Waals surface area contributed by atoms with Crippen LogP contribution in [0.5, 0.6) is 0 Å². The van der Waals surface area contributed by atoms with Gasteiger partial charge >= 0.3 is 18.0 Å². The molecule has 8 heteroatoms. The quantitative estimate of drug-likeness (QED) is 0.126. The zero-order valence-corrected chi connectivity index (χ0v) is 26.2. The first kappa shape index (κ1) is 34.0. The molecule has 44 heavy (non-hydrogen) atoms. The summed E-state index contributed by atoms with van der Waals surface area (Å²) in [6, 6.07) is 26.1. The smallest absolute Gasteiger partial charge is 0.408 e. The molecule has 3 rings (SSSR count). The maximum absolute atomic E-state index is 14.1. The first-order valence-corrected chi connectivity index (χ1v) is 14.9. The summed E-state index contributed by atoms with van der Waals surface area (Å²) >= 11 is 0. The van der Waals surface area contributed by atoms with Gasteiger partial charge in [0.2, 0.25) is 0 Å². The van der Waals surface area contributed by atoms with E-state index in [2.05, 4.69) is 5.32 Å². The van der Waals surface area contributed by atoms with Crippen molar-refractivity contribution in [3.8, 4) is 0 Å². The average Bonchev–Trinajstić information content (AvgIpc) is 3.01. The van der Waals surface area contributed by atoms with Crippen molar-refractivity contribution in [3.63, 3.8) is 0 Å². The molecule has 0 aromatic heterocycles. The van der Waals surface area contributed by atoms with Gasteiger partial charge in [-0.1, -0.05) is 111 Å². The van der Waals surface area contributed by atoms with E-state index in [0.29, 0.717) is 12.0 Å². The number of carbonyl (C=O) groups excluding carboxylic acids is 4. The lowest BCUT2D eigenvalue weighted by molar-refractivity contribution is -0.176. The van der Waals surface area contributed by atoms with Crippen LogP contribution in [-0.4, -0.2) is 35.5 Å². The average molecular weight is 602 g/mol. The highest BCUT2D eigenvalue weighted by Gasteiger charge is 2.52. The summed E-state index contributed by atoms with van der Waals surface area (Å²) in [4.78, 5) is 55.1. The fraction of sp³-hybridized carbons (Fsp3) is 0.389. The van der Waals surface area contributed by atoms with Gasteiger partial charge in [-0.3, -0.25) is 14.4 Å². The van der Waals surface area contributed by atoms with Crippen LogP contribution in [0.25, 0.3) is 0 Å². The topological polar surface area (TPSA) is 108 Å². The second-order valence-electron chi connectivity index (χ2n) is 12.0. The van der Waals surface area contributed by atoms with Gasteiger partial charge in [-0.25, -0.2) is 4.79 Å². The summed E-state index contributed by atoms with van der Waals surface area (Å²) in [6.07, 6.45) is -0.897. The summed E-state index contributed by atoms with van der Waals surface area (Å²) in [5, 5.41) is 2.69. The summed E-state index contributed by atoms with van der Waals surface area (Å²) in [7, 11) is 0. The molecule has 0 spiro atoms. The Bertz CT molecular complexity index is 1310. The minimum atomic E-state index is -2.02. The third kappa shape index (κ3) is 10.1. The molecular formula is C36H43NO7. The molecule has 0 bridgehead atoms. The largest absolute Gasteiger partial charge is 0.460 e. The van der Waals surface area contributed by atoms with Crippen molar-refractivity contribution >= 4 is 23.8 Å². The van der Waals surface area contributed by atoms with Gasteiger partial charge in [-0.2, -0.15) is 0 Å². The number of esters is 2. The Labute approximate surface area is 260 Å². The molecule has 1 amide bonds. The molecule has 0 aliphatic heterocycles. The minimum absolute atomic E-state index is 0.0959. The Kier molecular flexibility index (Phi) is 12.3. The van der Waals surface area contributed by atoms with E-state index in [1.807, 2.05) is 56.3 Å². The van der Waals surface area contributed by atoms with E-state index in [1.165, 1.54) is 0 Å². The molecule has 0 aliphatic rings. The second kappa shape index (κ2) is 15.8. The van der Waals surface area contributed by atoms with Crippen LogP contribution < -0.4 is 5.32 Å². The van der Waals surface area contributed by atoms with Gasteiger partial charge < -0.3 is 19.5 Å². The van der Waals surface area contributed by atoms with Crippen molar-refractivity contribution in [3.05, 3.63) is 108 Å². The number of Topliss-reactive ketones (excluding diaryl/α,β-unsaturated/α-hetero) is 1. The van der Waals surface area contributed by atoms with Crippen LogP contribution in [0.15, 0.2) is 91.0 Å². The van der Waals surface area contributed by atoms with Gasteiger partial charge in [-0.05, 0) is 49.8 Å². The van der Waals surface area contributed by atoms with Gasteiger partial charge in [0, 0.05) is 6.42 Å². The summed E-state index contributed by atoms with van der Waals surface area (Å²) < 4.78 is 16.9. The highest BCUT2D eigenvalue weighted by Crippen LogP contribution is 2.34. The van der Waals surface area contributed by atoms with E-state index >= 15 is 0 Å². The Hall–Kier alpha value is -4.46. The molecule has 3 aromatic carbocycles. The molecule has 0 saturated heterocycles. The maximum Gasteiger partial charge on any atom is 0.408 e. The molecule has 0 radical (unpaired) electrons. The molecular weight excluding hydrogens is 558 g/mol. The van der Waals surface area contributed by atoms with Crippen molar-refractivity contribution in [2.75, 3.05) is 0 Å². The molecule has 0 saturated carbocycles. The minimum Gasteiger partial charge on any atom is -0.460 e. The number of carbonyl (C=O) groups is 4. The van der Waals surface area contributed by atoms with Gasteiger partial charge in [0.25, 0.3) is 0 Å². The van der Waals surface area contributed by atoms with E-state index in [1.54, 1.807) is 69.3 Å². The zero-order chi connectivity index (χ0) is 32.2. The Morgan fingerprint density at radius 2 is 1.14 bits per heavy atom. The third-order valence-corrected chi connectivity index (χ3v) is 7.26. The van der Waals surface area contributed by atoms with Gasteiger partial charge in [-0.15, -0.1) is 0 Å². The van der Waals surface area contributed by atoms with Gasteiger partial charge in [0.1, 0.15) is 18.8 Å². The monoisotopic (exact) mass is 601 g/mol. The van der Waals surface area contributed by atoms with E-state index in [4.69, 9.17) is 14.2 Å². The Morgan fingerprint density at radius 1 is 0.705 bits per heavy atom. The van der Waals surface area contributed by atoms with Crippen LogP contribution in [0.2, 0.25) is 0 Å². The van der Waals surface area contributed by atoms with Crippen LogP contribution in [-0.2, 0) is 48.2 Å². The first-order valence-electron chi connectivity index (χ1n) is 14.9. The lowest BCUT2D eigenvalue weighted by Gasteiger charge is -2.32. The number of ether oxygens (including phenoxy) is 3. The van der Waals surface area contributed by atoms with Crippen molar-refractivity contribution in [1.29, 1.82) is 0 Å². The van der Waals surface area contributed by atoms with Crippen LogP contribution in [0.1, 0.15) is 64.2 Å². The lowest BCUT2D eigenvalue weighted by Crippen LogP contribution is -2.52. The number of amides is 1. The molecule has 3 aromatic rings. The fourth-order valence-electron chi connectivity index (χ4n) is 4.72. The number of nitrogens with one attached hydrogen (secondary N) is 1. The van der Waals surface area contributed by atoms with E-state index in [-0.39, 0.29) is 25.6 Å². The standard InChI is InChI=1S/C36H43NO7/c1-6-26(2)31(37-34(41)44-35(3,4)5)30(38)23-36(22-27-16-10-7-11-17-27,32(39)42-24-28-18-12-8-13-19-28)33(40)43-25-29-20-14-9-15-21-29/h7-21,26,31H,6,22-25H2,1-5H3,(H,37,41)/t26-,31-/m0/s1. The molecule has 0 aliphatic carbocycles. The van der Waals surface area contributed by atoms with Crippen molar-refractivity contribution < 1.29 is 33.4 Å². The van der Waals surface area contributed by atoms with Crippen LogP contribution >= 0.6 is 0 Å². The van der Waals surface area contributed by atoms with Gasteiger partial charge in [0.05, 0.1) is 6.04 Å². The third-order valence-electron chi connectivity index (χ3n) is 7.26. The number of rotatable bonds is 14. The van der Waals surface area contributed by atoms with E-state index in [9.17, 15) is 19.2 Å². The summed E-state index contributed by atoms with van der Waals surface area (Å²) in [6.45, 7) is 8.69. The fourth-order valence-corrected chi connectivity index (χ4v) is 4.72. The molecule has 8 nitrogen and oxygen atoms in total. The zero-order valence-electron chi connectivity index (χ0n) is 26.2. The maximum atomic E-state index is 14.1. The molecule has 0 heterocycles. The number of ketones is 1. The predicted octanol–water partition coefficient (Wildman–Crippen LogP) is 6.60. The lowest BCUT2D eigenvalue weighted by atomic mass is 9.75. The summed E-state index contributed by atoms with van der Waals surface area (Å²) in [5.41, 5.74) is -0.713. The molecule has 234 valence electrons. The normalized spacial score (nSPS) is 12.8. The Balaban J connectivity index is 2.02. The van der Waals surface area contributed by atoms with Crippen LogP contribution in [0, 0.1) is 11.3 Å². The SMILES string of the molecule is CC[C@H](C)[C@H](NC(=O)OC(C)(C)C)C(=O)CC(Cc1ccccc1)(C(=O)OCc1ccccc1)C(=O)OCc1ccccc1. The highest BCUT2D eigenvalue weighted by molar-refractivity contribution is 6.05. The van der Waals surface area contributed by atoms with Gasteiger partial charge in [0.15, 0.2) is 11.2 Å². The van der Waals surface area contributed by atoms with Crippen LogP contribution in [0.3, 0.4) is 0 Å². The molecule has 2 atom stereocenters. The predicted molar refractivity (Wildman–Crippen MR) is 167 cm³/mol. The summed E-state index contributed by atoms with van der Waals surface area (Å²) in [5.74, 6) is -2.58. The van der Waals surface area contributed by atoms with Crippen molar-refractivity contribution in [2.24, 2.45) is 11.3 Å². The number of alkyl carbamates (subject to hydrolysis) is 1. The first-order chi connectivity index (χ1) is 20.9. The number of benzene rings is 3. The van der Waals surface area contributed by atoms with E-state index < -0.39 is 47.3 Å². The molecule has 0 fully saturated rings. The molecule has 0 unspecified atom stereocenters. The van der Waals surface area contributed by atoms with Crippen molar-refractivity contribution in [2.45, 2.75) is 78.7 Å². The highest BCUT2D eigenvalue weighted by atomic mass is 16.6. The van der Waals surface area contributed by atoms with E-state index in [0.717, 1.165) is 11.1 Å². The molecule has 1 N–H and O–H groups in total. The number of hydrogen-bond acceptors (Lipinski definition) is 7. The number of hydrogen-bond donors (Lipinski definition) is 1.